The van der Waals surface area contributed by atoms with Crippen molar-refractivity contribution in [2.75, 3.05) is 5.73 Å². The molecule has 0 bridgehead atoms. The monoisotopic (exact) mass is 279 g/mol. The summed E-state index contributed by atoms with van der Waals surface area (Å²) in [5.74, 6) is 0.0443. The van der Waals surface area contributed by atoms with Crippen LogP contribution in [0.15, 0.2) is 66.0 Å². The lowest BCUT2D eigenvalue weighted by atomic mass is 10.0. The topological polar surface area (TPSA) is 43.1 Å². The first-order valence-electron chi connectivity index (χ1n) is 6.28. The first-order chi connectivity index (χ1) is 9.74. The number of carbonyl (C=O) groups is 1. The normalized spacial score (nSPS) is 10.4. The van der Waals surface area contributed by atoms with E-state index in [1.807, 2.05) is 66.0 Å². The second-order valence-electron chi connectivity index (χ2n) is 4.52. The third-order valence-electron chi connectivity index (χ3n) is 3.09. The summed E-state index contributed by atoms with van der Waals surface area (Å²) in [6.07, 6.45) is 0. The predicted octanol–water partition coefficient (Wildman–Crippen LogP) is 4.23. The van der Waals surface area contributed by atoms with Gasteiger partial charge in [0.1, 0.15) is 0 Å². The van der Waals surface area contributed by atoms with E-state index in [4.69, 9.17) is 5.73 Å². The van der Waals surface area contributed by atoms with Gasteiger partial charge in [-0.3, -0.25) is 4.79 Å². The molecular formula is C17H13NOS. The molecule has 1 aromatic heterocycles. The molecule has 0 atom stereocenters. The number of hydrogen-bond acceptors (Lipinski definition) is 3. The molecule has 2 N–H and O–H groups in total. The molecule has 0 aliphatic carbocycles. The van der Waals surface area contributed by atoms with Gasteiger partial charge in [0.25, 0.3) is 0 Å². The van der Waals surface area contributed by atoms with Gasteiger partial charge in [-0.1, -0.05) is 54.6 Å². The van der Waals surface area contributed by atoms with E-state index in [0.29, 0.717) is 11.1 Å². The van der Waals surface area contributed by atoms with E-state index in [2.05, 4.69) is 0 Å². The Bertz CT molecular complexity index is 729. The number of benzene rings is 2. The molecule has 98 valence electrons. The number of nitrogen functional groups attached to an aromatic ring is 1. The van der Waals surface area contributed by atoms with E-state index in [-0.39, 0.29) is 5.78 Å². The van der Waals surface area contributed by atoms with Gasteiger partial charge in [0.2, 0.25) is 0 Å². The van der Waals surface area contributed by atoms with Crippen molar-refractivity contribution in [3.8, 4) is 10.4 Å². The van der Waals surface area contributed by atoms with Gasteiger partial charge in [-0.25, -0.2) is 0 Å². The molecule has 0 aliphatic heterocycles. The average molecular weight is 279 g/mol. The fourth-order valence-electron chi connectivity index (χ4n) is 2.04. The number of hydrogen-bond donors (Lipinski definition) is 1. The average Bonchev–Trinajstić information content (AvgIpc) is 2.94. The second kappa shape index (κ2) is 5.31. The van der Waals surface area contributed by atoms with Crippen LogP contribution < -0.4 is 5.73 Å². The summed E-state index contributed by atoms with van der Waals surface area (Å²) < 4.78 is 0. The Kier molecular flexibility index (Phi) is 3.35. The van der Waals surface area contributed by atoms with E-state index in [1.54, 1.807) is 11.3 Å². The molecule has 0 spiro atoms. The van der Waals surface area contributed by atoms with Crippen LogP contribution in [0.3, 0.4) is 0 Å². The van der Waals surface area contributed by atoms with Crippen LogP contribution in [0.25, 0.3) is 10.4 Å². The smallest absolute Gasteiger partial charge is 0.193 e. The fourth-order valence-corrected chi connectivity index (χ4v) is 2.85. The van der Waals surface area contributed by atoms with E-state index >= 15 is 0 Å². The van der Waals surface area contributed by atoms with Crippen molar-refractivity contribution in [3.63, 3.8) is 0 Å². The summed E-state index contributed by atoms with van der Waals surface area (Å²) in [6, 6.07) is 18.9. The molecule has 0 saturated heterocycles. The summed E-state index contributed by atoms with van der Waals surface area (Å²) in [7, 11) is 0. The van der Waals surface area contributed by atoms with Crippen LogP contribution in [0.2, 0.25) is 0 Å². The lowest BCUT2D eigenvalue weighted by Crippen LogP contribution is -2.00. The first kappa shape index (κ1) is 12.6. The van der Waals surface area contributed by atoms with Crippen LogP contribution >= 0.6 is 11.3 Å². The Hall–Kier alpha value is -2.39. The number of anilines is 1. The van der Waals surface area contributed by atoms with Gasteiger partial charge in [0.05, 0.1) is 0 Å². The molecule has 0 radical (unpaired) electrons. The third kappa shape index (κ3) is 2.49. The van der Waals surface area contributed by atoms with Crippen LogP contribution in [0.1, 0.15) is 15.9 Å². The molecule has 20 heavy (non-hydrogen) atoms. The minimum atomic E-state index is 0.0443. The maximum Gasteiger partial charge on any atom is 0.193 e. The summed E-state index contributed by atoms with van der Waals surface area (Å²) in [5.41, 5.74) is 8.99. The Morgan fingerprint density at radius 3 is 2.15 bits per heavy atom. The highest BCUT2D eigenvalue weighted by molar-refractivity contribution is 7.14. The molecule has 2 nitrogen and oxygen atoms in total. The zero-order valence-corrected chi connectivity index (χ0v) is 11.6. The maximum absolute atomic E-state index is 12.3. The van der Waals surface area contributed by atoms with Gasteiger partial charge < -0.3 is 5.73 Å². The van der Waals surface area contributed by atoms with Crippen LogP contribution in [0.5, 0.6) is 0 Å². The van der Waals surface area contributed by atoms with E-state index in [1.165, 1.54) is 0 Å². The Labute approximate surface area is 121 Å². The van der Waals surface area contributed by atoms with Crippen LogP contribution in [-0.4, -0.2) is 5.78 Å². The summed E-state index contributed by atoms with van der Waals surface area (Å²) in [6.45, 7) is 0. The van der Waals surface area contributed by atoms with Crippen molar-refractivity contribution in [2.24, 2.45) is 0 Å². The largest absolute Gasteiger partial charge is 0.398 e. The zero-order chi connectivity index (χ0) is 13.9. The number of thiophene rings is 1. The highest BCUT2D eigenvalue weighted by Crippen LogP contribution is 2.28. The number of rotatable bonds is 3. The highest BCUT2D eigenvalue weighted by atomic mass is 32.1. The van der Waals surface area contributed by atoms with Gasteiger partial charge >= 0.3 is 0 Å². The van der Waals surface area contributed by atoms with Crippen molar-refractivity contribution in [1.82, 2.24) is 0 Å². The number of nitrogens with two attached hydrogens (primary N) is 1. The molecule has 1 heterocycles. The second-order valence-corrected chi connectivity index (χ2v) is 5.43. The number of carbonyl (C=O) groups excluding carboxylic acids is 1. The standard InChI is InChI=1S/C17H13NOS/c18-15-10-16(20-11-15)12-6-8-14(9-7-12)17(19)13-4-2-1-3-5-13/h1-11H,18H2. The van der Waals surface area contributed by atoms with Gasteiger partial charge in [-0.15, -0.1) is 11.3 Å². The molecule has 2 aromatic carbocycles. The van der Waals surface area contributed by atoms with E-state index in [0.717, 1.165) is 16.1 Å². The minimum Gasteiger partial charge on any atom is -0.398 e. The molecular weight excluding hydrogens is 266 g/mol. The molecule has 0 amide bonds. The van der Waals surface area contributed by atoms with Crippen molar-refractivity contribution in [2.45, 2.75) is 0 Å². The predicted molar refractivity (Wildman–Crippen MR) is 84.0 cm³/mol. The third-order valence-corrected chi connectivity index (χ3v) is 4.08. The van der Waals surface area contributed by atoms with Gasteiger partial charge in [0, 0.05) is 27.1 Å². The Morgan fingerprint density at radius 2 is 1.55 bits per heavy atom. The molecule has 3 aromatic rings. The SMILES string of the molecule is Nc1csc(-c2ccc(C(=O)c3ccccc3)cc2)c1. The molecule has 3 rings (SSSR count). The van der Waals surface area contributed by atoms with Gasteiger partial charge in [-0.2, -0.15) is 0 Å². The van der Waals surface area contributed by atoms with Crippen molar-refractivity contribution < 1.29 is 4.79 Å². The molecule has 0 saturated carbocycles. The van der Waals surface area contributed by atoms with Crippen LogP contribution in [-0.2, 0) is 0 Å². The van der Waals surface area contributed by atoms with Crippen molar-refractivity contribution in [3.05, 3.63) is 77.2 Å². The molecule has 0 unspecified atom stereocenters. The molecule has 3 heteroatoms. The molecule has 0 fully saturated rings. The van der Waals surface area contributed by atoms with Gasteiger partial charge in [-0.05, 0) is 11.6 Å². The van der Waals surface area contributed by atoms with Crippen molar-refractivity contribution in [1.29, 1.82) is 0 Å². The number of ketones is 1. The lowest BCUT2D eigenvalue weighted by molar-refractivity contribution is 0.103. The quantitative estimate of drug-likeness (QED) is 0.729. The summed E-state index contributed by atoms with van der Waals surface area (Å²) in [5, 5.41) is 1.92. The van der Waals surface area contributed by atoms with E-state index in [9.17, 15) is 4.79 Å². The highest BCUT2D eigenvalue weighted by Gasteiger charge is 2.09. The lowest BCUT2D eigenvalue weighted by Gasteiger charge is -2.02. The Morgan fingerprint density at radius 1 is 0.900 bits per heavy atom. The molecule has 0 aliphatic rings. The van der Waals surface area contributed by atoms with E-state index < -0.39 is 0 Å². The van der Waals surface area contributed by atoms with Crippen molar-refractivity contribution >= 4 is 22.8 Å². The fraction of sp³-hybridized carbons (Fsp3) is 0. The first-order valence-corrected chi connectivity index (χ1v) is 7.16. The van der Waals surface area contributed by atoms with Gasteiger partial charge in [0.15, 0.2) is 5.78 Å². The van der Waals surface area contributed by atoms with Crippen LogP contribution in [0.4, 0.5) is 5.69 Å². The minimum absolute atomic E-state index is 0.0443. The maximum atomic E-state index is 12.3. The zero-order valence-electron chi connectivity index (χ0n) is 10.7. The summed E-state index contributed by atoms with van der Waals surface area (Å²) >= 11 is 1.60. The Balaban J connectivity index is 1.88. The summed E-state index contributed by atoms with van der Waals surface area (Å²) in [4.78, 5) is 13.4. The van der Waals surface area contributed by atoms with Crippen LogP contribution in [0, 0.1) is 0 Å².